The number of thiocarbonyl (C=S) groups is 1. The van der Waals surface area contributed by atoms with Crippen LogP contribution in [-0.2, 0) is 4.74 Å². The van der Waals surface area contributed by atoms with Gasteiger partial charge in [0.1, 0.15) is 5.75 Å². The Kier molecular flexibility index (Phi) is 5.96. The summed E-state index contributed by atoms with van der Waals surface area (Å²) in [5.41, 5.74) is 2.82. The molecule has 0 atom stereocenters. The van der Waals surface area contributed by atoms with Crippen molar-refractivity contribution in [2.45, 2.75) is 0 Å². The van der Waals surface area contributed by atoms with Gasteiger partial charge in [0.2, 0.25) is 0 Å². The molecular weight excluding hydrogens is 358 g/mol. The number of nitrogens with zero attached hydrogens (tertiary/aromatic N) is 1. The maximum absolute atomic E-state index is 6.04. The molecule has 2 aromatic carbocycles. The molecule has 0 saturated carbocycles. The molecule has 0 unspecified atom stereocenters. The first-order valence-electron chi connectivity index (χ1n) is 8.00. The Morgan fingerprint density at radius 1 is 1.12 bits per heavy atom. The van der Waals surface area contributed by atoms with Crippen molar-refractivity contribution in [1.29, 1.82) is 0 Å². The van der Waals surface area contributed by atoms with E-state index in [4.69, 9.17) is 33.3 Å². The third-order valence-corrected chi connectivity index (χ3v) is 4.35. The fraction of sp³-hybridized carbons (Fsp3) is 0.278. The monoisotopic (exact) mass is 377 g/mol. The fourth-order valence-corrected chi connectivity index (χ4v) is 3.04. The summed E-state index contributed by atoms with van der Waals surface area (Å²) in [5.74, 6) is 0.677. The summed E-state index contributed by atoms with van der Waals surface area (Å²) in [6.45, 7) is 3.38. The second kappa shape index (κ2) is 8.38. The molecule has 0 aliphatic carbocycles. The lowest BCUT2D eigenvalue weighted by Crippen LogP contribution is -2.36. The SMILES string of the molecule is COc1ccc(Cl)cc1NC(=S)Nc1ccc(N2CCOCC2)cc1. The number of rotatable bonds is 4. The summed E-state index contributed by atoms with van der Waals surface area (Å²) in [5, 5.41) is 7.37. The first kappa shape index (κ1) is 17.8. The molecule has 1 aliphatic rings. The fourth-order valence-electron chi connectivity index (χ4n) is 2.64. The van der Waals surface area contributed by atoms with Crippen LogP contribution in [0.25, 0.3) is 0 Å². The maximum Gasteiger partial charge on any atom is 0.175 e. The van der Waals surface area contributed by atoms with Gasteiger partial charge < -0.3 is 25.0 Å². The highest BCUT2D eigenvalue weighted by Crippen LogP contribution is 2.28. The molecule has 0 spiro atoms. The van der Waals surface area contributed by atoms with Gasteiger partial charge in [0, 0.05) is 29.5 Å². The van der Waals surface area contributed by atoms with E-state index in [1.54, 1.807) is 25.3 Å². The highest BCUT2D eigenvalue weighted by molar-refractivity contribution is 7.80. The van der Waals surface area contributed by atoms with Crippen LogP contribution in [0.3, 0.4) is 0 Å². The van der Waals surface area contributed by atoms with Crippen LogP contribution in [0.5, 0.6) is 5.75 Å². The van der Waals surface area contributed by atoms with Crippen molar-refractivity contribution in [2.24, 2.45) is 0 Å². The summed E-state index contributed by atoms with van der Waals surface area (Å²) < 4.78 is 10.7. The predicted octanol–water partition coefficient (Wildman–Crippen LogP) is 3.99. The van der Waals surface area contributed by atoms with Crippen LogP contribution >= 0.6 is 23.8 Å². The molecule has 0 bridgehead atoms. The minimum absolute atomic E-state index is 0.472. The number of halogens is 1. The minimum atomic E-state index is 0.472. The zero-order chi connectivity index (χ0) is 17.6. The highest BCUT2D eigenvalue weighted by atomic mass is 35.5. The van der Waals surface area contributed by atoms with E-state index in [-0.39, 0.29) is 0 Å². The van der Waals surface area contributed by atoms with Gasteiger partial charge in [0.15, 0.2) is 5.11 Å². The molecular formula is C18H20ClN3O2S. The number of ether oxygens (including phenoxy) is 2. The van der Waals surface area contributed by atoms with Gasteiger partial charge in [-0.05, 0) is 54.7 Å². The van der Waals surface area contributed by atoms with Gasteiger partial charge in [-0.25, -0.2) is 0 Å². The first-order valence-corrected chi connectivity index (χ1v) is 8.78. The molecule has 1 aliphatic heterocycles. The molecule has 2 aromatic rings. The van der Waals surface area contributed by atoms with E-state index in [0.29, 0.717) is 15.9 Å². The largest absolute Gasteiger partial charge is 0.495 e. The molecule has 1 saturated heterocycles. The van der Waals surface area contributed by atoms with E-state index in [1.807, 2.05) is 12.1 Å². The van der Waals surface area contributed by atoms with Crippen molar-refractivity contribution >= 4 is 46.0 Å². The van der Waals surface area contributed by atoms with E-state index in [9.17, 15) is 0 Å². The molecule has 0 amide bonds. The molecule has 7 heteroatoms. The number of nitrogens with one attached hydrogen (secondary N) is 2. The maximum atomic E-state index is 6.04. The van der Waals surface area contributed by atoms with Crippen molar-refractivity contribution in [3.05, 3.63) is 47.5 Å². The van der Waals surface area contributed by atoms with Gasteiger partial charge in [-0.3, -0.25) is 0 Å². The van der Waals surface area contributed by atoms with E-state index in [1.165, 1.54) is 5.69 Å². The van der Waals surface area contributed by atoms with Crippen LogP contribution in [0.15, 0.2) is 42.5 Å². The quantitative estimate of drug-likeness (QED) is 0.785. The number of benzene rings is 2. The average Bonchev–Trinajstić information content (AvgIpc) is 2.63. The zero-order valence-electron chi connectivity index (χ0n) is 13.9. The Hall–Kier alpha value is -2.02. The van der Waals surface area contributed by atoms with Crippen molar-refractivity contribution in [1.82, 2.24) is 0 Å². The molecule has 0 aromatic heterocycles. The first-order chi connectivity index (χ1) is 12.2. The Bertz CT molecular complexity index is 734. The molecule has 25 heavy (non-hydrogen) atoms. The van der Waals surface area contributed by atoms with Crippen LogP contribution in [0.4, 0.5) is 17.1 Å². The Morgan fingerprint density at radius 2 is 1.84 bits per heavy atom. The summed E-state index contributed by atoms with van der Waals surface area (Å²) in [7, 11) is 1.61. The Balaban J connectivity index is 1.62. The summed E-state index contributed by atoms with van der Waals surface area (Å²) in [6, 6.07) is 13.5. The lowest BCUT2D eigenvalue weighted by Gasteiger charge is -2.29. The number of hydrogen-bond acceptors (Lipinski definition) is 4. The average molecular weight is 378 g/mol. The molecule has 5 nitrogen and oxygen atoms in total. The van der Waals surface area contributed by atoms with Gasteiger partial charge in [-0.15, -0.1) is 0 Å². The van der Waals surface area contributed by atoms with Crippen molar-refractivity contribution in [2.75, 3.05) is 48.9 Å². The van der Waals surface area contributed by atoms with Crippen LogP contribution in [0, 0.1) is 0 Å². The van der Waals surface area contributed by atoms with Gasteiger partial charge in [-0.2, -0.15) is 0 Å². The minimum Gasteiger partial charge on any atom is -0.495 e. The van der Waals surface area contributed by atoms with Crippen LogP contribution in [0.2, 0.25) is 5.02 Å². The van der Waals surface area contributed by atoms with Crippen molar-refractivity contribution < 1.29 is 9.47 Å². The number of anilines is 3. The normalized spacial score (nSPS) is 14.1. The second-order valence-corrected chi connectivity index (χ2v) is 6.41. The molecule has 0 radical (unpaired) electrons. The molecule has 1 heterocycles. The van der Waals surface area contributed by atoms with Gasteiger partial charge >= 0.3 is 0 Å². The van der Waals surface area contributed by atoms with Crippen LogP contribution < -0.4 is 20.3 Å². The molecule has 1 fully saturated rings. The zero-order valence-corrected chi connectivity index (χ0v) is 15.5. The van der Waals surface area contributed by atoms with Crippen molar-refractivity contribution in [3.8, 4) is 5.75 Å². The van der Waals surface area contributed by atoms with Crippen LogP contribution in [-0.4, -0.2) is 38.5 Å². The summed E-state index contributed by atoms with van der Waals surface area (Å²) in [6.07, 6.45) is 0. The lowest BCUT2D eigenvalue weighted by atomic mass is 10.2. The topological polar surface area (TPSA) is 45.8 Å². The second-order valence-electron chi connectivity index (χ2n) is 5.57. The smallest absolute Gasteiger partial charge is 0.175 e. The number of methoxy groups -OCH3 is 1. The van der Waals surface area contributed by atoms with E-state index in [2.05, 4.69) is 27.7 Å². The van der Waals surface area contributed by atoms with Gasteiger partial charge in [0.05, 0.1) is 26.0 Å². The third kappa shape index (κ3) is 4.75. The standard InChI is InChI=1S/C18H20ClN3O2S/c1-23-17-7-2-13(19)12-16(17)21-18(25)20-14-3-5-15(6-4-14)22-8-10-24-11-9-22/h2-7,12H,8-11H2,1H3,(H2,20,21,25). The Morgan fingerprint density at radius 3 is 2.52 bits per heavy atom. The molecule has 132 valence electrons. The van der Waals surface area contributed by atoms with Gasteiger partial charge in [0.25, 0.3) is 0 Å². The number of hydrogen-bond donors (Lipinski definition) is 2. The molecule has 3 rings (SSSR count). The lowest BCUT2D eigenvalue weighted by molar-refractivity contribution is 0.122. The van der Waals surface area contributed by atoms with Crippen LogP contribution in [0.1, 0.15) is 0 Å². The summed E-state index contributed by atoms with van der Waals surface area (Å²) in [4.78, 5) is 2.31. The number of morpholine rings is 1. The van der Waals surface area contributed by atoms with E-state index >= 15 is 0 Å². The van der Waals surface area contributed by atoms with E-state index in [0.717, 1.165) is 37.7 Å². The van der Waals surface area contributed by atoms with Crippen molar-refractivity contribution in [3.63, 3.8) is 0 Å². The predicted molar refractivity (Wildman–Crippen MR) is 107 cm³/mol. The third-order valence-electron chi connectivity index (χ3n) is 3.91. The Labute approximate surface area is 157 Å². The summed E-state index contributed by atoms with van der Waals surface area (Å²) >= 11 is 11.4. The molecule has 2 N–H and O–H groups in total. The van der Waals surface area contributed by atoms with E-state index < -0.39 is 0 Å². The van der Waals surface area contributed by atoms with Gasteiger partial charge in [-0.1, -0.05) is 11.6 Å². The highest BCUT2D eigenvalue weighted by Gasteiger charge is 2.11.